The lowest BCUT2D eigenvalue weighted by Gasteiger charge is -2.54. The summed E-state index contributed by atoms with van der Waals surface area (Å²) in [5, 5.41) is 1.19. The van der Waals surface area contributed by atoms with E-state index < -0.39 is 0 Å². The van der Waals surface area contributed by atoms with Crippen LogP contribution in [-0.4, -0.2) is 45.2 Å². The number of nitrogens with zero attached hydrogens (tertiary/aromatic N) is 2. The van der Waals surface area contributed by atoms with E-state index in [9.17, 15) is 9.59 Å². The third-order valence-corrected chi connectivity index (χ3v) is 6.07. The van der Waals surface area contributed by atoms with E-state index in [4.69, 9.17) is 0 Å². The molecule has 0 radical (unpaired) electrons. The van der Waals surface area contributed by atoms with Crippen LogP contribution in [0.1, 0.15) is 44.0 Å². The molecule has 2 fully saturated rings. The molecule has 3 aliphatic heterocycles. The van der Waals surface area contributed by atoms with Crippen LogP contribution in [0.15, 0.2) is 24.3 Å². The molecule has 2 amide bonds. The van der Waals surface area contributed by atoms with E-state index in [-0.39, 0.29) is 29.9 Å². The van der Waals surface area contributed by atoms with Crippen LogP contribution < -0.4 is 0 Å². The molecule has 1 N–H and O–H groups in total. The fourth-order valence-corrected chi connectivity index (χ4v) is 4.84. The van der Waals surface area contributed by atoms with Crippen LogP contribution in [0.2, 0.25) is 0 Å². The lowest BCUT2D eigenvalue weighted by atomic mass is 9.82. The minimum atomic E-state index is -0.334. The van der Waals surface area contributed by atoms with Gasteiger partial charge in [0.25, 0.3) is 0 Å². The first-order valence-electron chi connectivity index (χ1n) is 9.28. The number of para-hydroxylation sites is 1. The van der Waals surface area contributed by atoms with Crippen LogP contribution in [0.4, 0.5) is 0 Å². The maximum atomic E-state index is 13.1. The number of rotatable bonds is 2. The van der Waals surface area contributed by atoms with Crippen molar-refractivity contribution in [2.75, 3.05) is 6.54 Å². The van der Waals surface area contributed by atoms with Gasteiger partial charge in [-0.05, 0) is 30.4 Å². The predicted molar refractivity (Wildman–Crippen MR) is 95.0 cm³/mol. The lowest BCUT2D eigenvalue weighted by molar-refractivity contribution is -0.173. The van der Waals surface area contributed by atoms with Crippen molar-refractivity contribution in [3.05, 3.63) is 35.5 Å². The minimum Gasteiger partial charge on any atom is -0.356 e. The monoisotopic (exact) mass is 337 g/mol. The first kappa shape index (κ1) is 15.0. The molecular weight excluding hydrogens is 314 g/mol. The zero-order chi connectivity index (χ0) is 17.3. The third-order valence-electron chi connectivity index (χ3n) is 6.07. The Kier molecular flexibility index (Phi) is 3.06. The molecule has 0 aliphatic carbocycles. The van der Waals surface area contributed by atoms with Gasteiger partial charge in [0.2, 0.25) is 11.8 Å². The minimum absolute atomic E-state index is 0.0275. The highest BCUT2D eigenvalue weighted by Crippen LogP contribution is 2.44. The highest BCUT2D eigenvalue weighted by atomic mass is 16.2. The third kappa shape index (κ3) is 1.95. The van der Waals surface area contributed by atoms with Gasteiger partial charge in [-0.25, -0.2) is 0 Å². The molecule has 2 aromatic rings. The van der Waals surface area contributed by atoms with E-state index >= 15 is 0 Å². The van der Waals surface area contributed by atoms with Crippen LogP contribution in [0.5, 0.6) is 0 Å². The molecule has 3 aliphatic rings. The lowest BCUT2D eigenvalue weighted by Crippen LogP contribution is -2.71. The molecule has 3 atom stereocenters. The number of amides is 2. The molecule has 1 aromatic heterocycles. The van der Waals surface area contributed by atoms with Gasteiger partial charge in [-0.2, -0.15) is 0 Å². The molecule has 25 heavy (non-hydrogen) atoms. The molecular formula is C20H23N3O2. The number of aromatic amines is 1. The van der Waals surface area contributed by atoms with Gasteiger partial charge < -0.3 is 14.8 Å². The van der Waals surface area contributed by atoms with Gasteiger partial charge in [0.15, 0.2) is 0 Å². The van der Waals surface area contributed by atoms with Crippen molar-refractivity contribution in [3.63, 3.8) is 0 Å². The van der Waals surface area contributed by atoms with Gasteiger partial charge in [-0.3, -0.25) is 9.59 Å². The van der Waals surface area contributed by atoms with Crippen molar-refractivity contribution in [3.8, 4) is 0 Å². The smallest absolute Gasteiger partial charge is 0.246 e. The topological polar surface area (TPSA) is 56.4 Å². The number of fused-ring (bicyclic) bond motifs is 5. The second-order valence-electron chi connectivity index (χ2n) is 8.01. The van der Waals surface area contributed by atoms with Crippen molar-refractivity contribution in [1.82, 2.24) is 14.8 Å². The van der Waals surface area contributed by atoms with E-state index in [1.165, 1.54) is 10.9 Å². The van der Waals surface area contributed by atoms with Crippen LogP contribution in [0.25, 0.3) is 10.9 Å². The van der Waals surface area contributed by atoms with Crippen molar-refractivity contribution >= 4 is 22.7 Å². The molecule has 0 bridgehead atoms. The summed E-state index contributed by atoms with van der Waals surface area (Å²) in [4.78, 5) is 33.4. The molecule has 130 valence electrons. The summed E-state index contributed by atoms with van der Waals surface area (Å²) in [6.45, 7) is 5.09. The van der Waals surface area contributed by atoms with Crippen LogP contribution in [-0.2, 0) is 16.0 Å². The SMILES string of the molecule is CC(C)C[C@H]1c2[nH]c3ccccc3c2C[C@H]2C(=O)N3CC[C@H]3C(=O)N21. The molecule has 4 heterocycles. The summed E-state index contributed by atoms with van der Waals surface area (Å²) in [6, 6.07) is 7.69. The number of piperazine rings is 1. The Morgan fingerprint density at radius 3 is 2.68 bits per heavy atom. The zero-order valence-corrected chi connectivity index (χ0v) is 14.7. The number of hydrogen-bond acceptors (Lipinski definition) is 2. The van der Waals surface area contributed by atoms with Crippen molar-refractivity contribution in [2.45, 2.75) is 51.2 Å². The summed E-state index contributed by atoms with van der Waals surface area (Å²) in [5.74, 6) is 0.733. The summed E-state index contributed by atoms with van der Waals surface area (Å²) in [5.41, 5.74) is 3.46. The first-order chi connectivity index (χ1) is 12.1. The van der Waals surface area contributed by atoms with Crippen molar-refractivity contribution in [1.29, 1.82) is 0 Å². The number of aromatic nitrogens is 1. The van der Waals surface area contributed by atoms with E-state index in [0.29, 0.717) is 12.3 Å². The average molecular weight is 337 g/mol. The Morgan fingerprint density at radius 1 is 1.16 bits per heavy atom. The van der Waals surface area contributed by atoms with Gasteiger partial charge >= 0.3 is 0 Å². The second kappa shape index (κ2) is 5.10. The molecule has 5 rings (SSSR count). The van der Waals surface area contributed by atoms with Gasteiger partial charge in [-0.1, -0.05) is 32.0 Å². The quantitative estimate of drug-likeness (QED) is 0.916. The summed E-state index contributed by atoms with van der Waals surface area (Å²) >= 11 is 0. The summed E-state index contributed by atoms with van der Waals surface area (Å²) in [7, 11) is 0. The average Bonchev–Trinajstić information content (AvgIpc) is 2.90. The van der Waals surface area contributed by atoms with Gasteiger partial charge in [0.05, 0.1) is 6.04 Å². The van der Waals surface area contributed by atoms with Crippen molar-refractivity contribution in [2.24, 2.45) is 5.92 Å². The normalized spacial score (nSPS) is 28.0. The predicted octanol–water partition coefficient (Wildman–Crippen LogP) is 2.62. The Bertz CT molecular complexity index is 884. The molecule has 0 unspecified atom stereocenters. The Morgan fingerprint density at radius 2 is 1.96 bits per heavy atom. The van der Waals surface area contributed by atoms with Crippen LogP contribution >= 0.6 is 0 Å². The molecule has 0 spiro atoms. The molecule has 5 heteroatoms. The van der Waals surface area contributed by atoms with Crippen molar-refractivity contribution < 1.29 is 9.59 Å². The number of hydrogen-bond donors (Lipinski definition) is 1. The maximum absolute atomic E-state index is 13.1. The number of carbonyl (C=O) groups is 2. The molecule has 1 aromatic carbocycles. The number of carbonyl (C=O) groups excluding carboxylic acids is 2. The van der Waals surface area contributed by atoms with E-state index in [1.807, 2.05) is 17.0 Å². The molecule has 2 saturated heterocycles. The Hall–Kier alpha value is -2.30. The Labute approximate surface area is 147 Å². The zero-order valence-electron chi connectivity index (χ0n) is 14.7. The summed E-state index contributed by atoms with van der Waals surface area (Å²) in [6.07, 6.45) is 2.31. The fraction of sp³-hybridized carbons (Fsp3) is 0.500. The highest BCUT2D eigenvalue weighted by molar-refractivity contribution is 6.00. The number of benzene rings is 1. The van der Waals surface area contributed by atoms with Crippen LogP contribution in [0, 0.1) is 5.92 Å². The first-order valence-corrected chi connectivity index (χ1v) is 9.28. The largest absolute Gasteiger partial charge is 0.356 e. The number of nitrogens with one attached hydrogen (secondary N) is 1. The second-order valence-corrected chi connectivity index (χ2v) is 8.01. The Balaban J connectivity index is 1.68. The van der Waals surface area contributed by atoms with E-state index in [0.717, 1.165) is 30.6 Å². The van der Waals surface area contributed by atoms with Gasteiger partial charge in [-0.15, -0.1) is 0 Å². The van der Waals surface area contributed by atoms with Gasteiger partial charge in [0, 0.05) is 29.6 Å². The number of H-pyrrole nitrogens is 1. The van der Waals surface area contributed by atoms with E-state index in [2.05, 4.69) is 31.0 Å². The fourth-order valence-electron chi connectivity index (χ4n) is 4.84. The maximum Gasteiger partial charge on any atom is 0.246 e. The van der Waals surface area contributed by atoms with Crippen LogP contribution in [0.3, 0.4) is 0 Å². The van der Waals surface area contributed by atoms with E-state index in [1.54, 1.807) is 4.90 Å². The highest BCUT2D eigenvalue weighted by Gasteiger charge is 2.54. The molecule has 0 saturated carbocycles. The van der Waals surface area contributed by atoms with Gasteiger partial charge in [0.1, 0.15) is 12.1 Å². The standard InChI is InChI=1S/C20H23N3O2/c1-11(2)9-16-18-13(12-5-3-4-6-14(12)21-18)10-17-19(24)22-8-7-15(22)20(25)23(16)17/h3-6,11,15-17,21H,7-10H2,1-2H3/t15-,16-,17-/m0/s1. The molecule has 5 nitrogen and oxygen atoms in total. The summed E-state index contributed by atoms with van der Waals surface area (Å²) < 4.78 is 0.